The van der Waals surface area contributed by atoms with Crippen LogP contribution in [0.1, 0.15) is 37.7 Å². The van der Waals surface area contributed by atoms with Crippen LogP contribution in [-0.2, 0) is 16.0 Å². The van der Waals surface area contributed by atoms with Crippen LogP contribution in [0.5, 0.6) is 0 Å². The number of carbonyl (C=O) groups is 2. The Morgan fingerprint density at radius 2 is 1.70 bits per heavy atom. The molecule has 2 fully saturated rings. The predicted molar refractivity (Wildman–Crippen MR) is 87.9 cm³/mol. The number of amides is 1. The number of carboxylic acids is 1. The quantitative estimate of drug-likeness (QED) is 0.909. The van der Waals surface area contributed by atoms with Gasteiger partial charge in [0.15, 0.2) is 0 Å². The Morgan fingerprint density at radius 3 is 2.26 bits per heavy atom. The van der Waals surface area contributed by atoms with Gasteiger partial charge in [0.25, 0.3) is 0 Å². The molecule has 1 aromatic rings. The molecule has 2 aliphatic rings. The Hall–Kier alpha value is -1.84. The second-order valence-corrected chi connectivity index (χ2v) is 7.03. The standard InChI is InChI=1S/C19H25NO3/c21-18(22)11-17(10-14-6-2-1-3-7-14)19(23)20-12-15-8-4-5-9-16(15)13-20/h1-3,6-7,15-17H,4-5,8-13H2,(H,21,22)/t15-,16+,17-/m1/s1. The lowest BCUT2D eigenvalue weighted by Gasteiger charge is -2.23. The van der Waals surface area contributed by atoms with Gasteiger partial charge < -0.3 is 10.0 Å². The van der Waals surface area contributed by atoms with Crippen LogP contribution < -0.4 is 0 Å². The molecule has 1 saturated carbocycles. The summed E-state index contributed by atoms with van der Waals surface area (Å²) in [5, 5.41) is 9.19. The van der Waals surface area contributed by atoms with Crippen LogP contribution in [-0.4, -0.2) is 35.0 Å². The van der Waals surface area contributed by atoms with Crippen molar-refractivity contribution in [2.24, 2.45) is 17.8 Å². The Bertz CT molecular complexity index is 543. The van der Waals surface area contributed by atoms with Gasteiger partial charge >= 0.3 is 5.97 Å². The smallest absolute Gasteiger partial charge is 0.304 e. The Morgan fingerprint density at radius 1 is 1.09 bits per heavy atom. The first-order valence-electron chi connectivity index (χ1n) is 8.68. The van der Waals surface area contributed by atoms with Gasteiger partial charge in [-0.2, -0.15) is 0 Å². The summed E-state index contributed by atoms with van der Waals surface area (Å²) in [4.78, 5) is 26.0. The molecule has 4 nitrogen and oxygen atoms in total. The number of nitrogens with zero attached hydrogens (tertiary/aromatic N) is 1. The van der Waals surface area contributed by atoms with Gasteiger partial charge in [-0.25, -0.2) is 0 Å². The highest BCUT2D eigenvalue weighted by Gasteiger charge is 2.38. The van der Waals surface area contributed by atoms with Gasteiger partial charge in [0.05, 0.1) is 12.3 Å². The summed E-state index contributed by atoms with van der Waals surface area (Å²) in [5.74, 6) is -0.0404. The molecule has 0 radical (unpaired) electrons. The first-order chi connectivity index (χ1) is 11.1. The average molecular weight is 315 g/mol. The van der Waals surface area contributed by atoms with E-state index in [1.54, 1.807) is 0 Å². The second-order valence-electron chi connectivity index (χ2n) is 7.03. The lowest BCUT2D eigenvalue weighted by molar-refractivity contribution is -0.144. The zero-order chi connectivity index (χ0) is 16.2. The molecule has 0 unspecified atom stereocenters. The first-order valence-corrected chi connectivity index (χ1v) is 8.68. The van der Waals surface area contributed by atoms with E-state index in [9.17, 15) is 14.7 Å². The molecule has 23 heavy (non-hydrogen) atoms. The summed E-state index contributed by atoms with van der Waals surface area (Å²) in [7, 11) is 0. The number of aliphatic carboxylic acids is 1. The van der Waals surface area contributed by atoms with Crippen molar-refractivity contribution in [3.63, 3.8) is 0 Å². The minimum absolute atomic E-state index is 0.0330. The summed E-state index contributed by atoms with van der Waals surface area (Å²) in [6.45, 7) is 1.66. The lowest BCUT2D eigenvalue weighted by Crippen LogP contribution is -2.36. The molecule has 1 saturated heterocycles. The third-order valence-electron chi connectivity index (χ3n) is 5.38. The highest BCUT2D eigenvalue weighted by molar-refractivity contribution is 5.83. The van der Waals surface area contributed by atoms with E-state index in [4.69, 9.17) is 0 Å². The van der Waals surface area contributed by atoms with Gasteiger partial charge in [-0.15, -0.1) is 0 Å². The van der Waals surface area contributed by atoms with Crippen molar-refractivity contribution in [2.75, 3.05) is 13.1 Å². The Balaban J connectivity index is 1.68. The summed E-state index contributed by atoms with van der Waals surface area (Å²) >= 11 is 0. The largest absolute Gasteiger partial charge is 0.481 e. The molecule has 1 aromatic carbocycles. The van der Waals surface area contributed by atoms with Crippen molar-refractivity contribution >= 4 is 11.9 Å². The van der Waals surface area contributed by atoms with Crippen LogP contribution in [0.4, 0.5) is 0 Å². The Kier molecular flexibility index (Phi) is 4.99. The second kappa shape index (κ2) is 7.16. The number of fused-ring (bicyclic) bond motifs is 1. The molecule has 1 heterocycles. The van der Waals surface area contributed by atoms with Gasteiger partial charge in [0.1, 0.15) is 0 Å². The van der Waals surface area contributed by atoms with Gasteiger partial charge in [-0.3, -0.25) is 9.59 Å². The third-order valence-corrected chi connectivity index (χ3v) is 5.38. The van der Waals surface area contributed by atoms with Crippen LogP contribution in [0, 0.1) is 17.8 Å². The van der Waals surface area contributed by atoms with E-state index < -0.39 is 11.9 Å². The highest BCUT2D eigenvalue weighted by Crippen LogP contribution is 2.36. The van der Waals surface area contributed by atoms with Crippen LogP contribution in [0.2, 0.25) is 0 Å². The van der Waals surface area contributed by atoms with Crippen molar-refractivity contribution in [3.8, 4) is 0 Å². The fourth-order valence-corrected chi connectivity index (χ4v) is 4.20. The molecule has 0 bridgehead atoms. The lowest BCUT2D eigenvalue weighted by atomic mass is 9.82. The third kappa shape index (κ3) is 3.92. The van der Waals surface area contributed by atoms with Crippen molar-refractivity contribution in [2.45, 2.75) is 38.5 Å². The maximum Gasteiger partial charge on any atom is 0.304 e. The number of likely N-dealkylation sites (tertiary alicyclic amines) is 1. The number of carbonyl (C=O) groups excluding carboxylic acids is 1. The number of benzene rings is 1. The molecule has 4 heteroatoms. The SMILES string of the molecule is O=C(O)C[C@@H](Cc1ccccc1)C(=O)N1C[C@H]2CCCC[C@H]2C1. The molecule has 1 N–H and O–H groups in total. The van der Waals surface area contributed by atoms with Crippen molar-refractivity contribution in [3.05, 3.63) is 35.9 Å². The number of hydrogen-bond acceptors (Lipinski definition) is 2. The van der Waals surface area contributed by atoms with E-state index in [0.717, 1.165) is 18.7 Å². The monoisotopic (exact) mass is 315 g/mol. The van der Waals surface area contributed by atoms with Crippen LogP contribution in [0.3, 0.4) is 0 Å². The van der Waals surface area contributed by atoms with Gasteiger partial charge in [0, 0.05) is 13.1 Å². The number of hydrogen-bond donors (Lipinski definition) is 1. The fraction of sp³-hybridized carbons (Fsp3) is 0.579. The van der Waals surface area contributed by atoms with E-state index in [1.807, 2.05) is 35.2 Å². The summed E-state index contributed by atoms with van der Waals surface area (Å²) in [5.41, 5.74) is 1.03. The maximum absolute atomic E-state index is 12.9. The minimum atomic E-state index is -0.893. The molecule has 1 amide bonds. The molecular weight excluding hydrogens is 290 g/mol. The van der Waals surface area contributed by atoms with Gasteiger partial charge in [0.2, 0.25) is 5.91 Å². The number of carboxylic acid groups (broad SMARTS) is 1. The summed E-state index contributed by atoms with van der Waals surface area (Å²) in [6.07, 6.45) is 5.41. The summed E-state index contributed by atoms with van der Waals surface area (Å²) < 4.78 is 0. The summed E-state index contributed by atoms with van der Waals surface area (Å²) in [6, 6.07) is 9.73. The first kappa shape index (κ1) is 16.0. The normalized spacial score (nSPS) is 25.0. The van der Waals surface area contributed by atoms with Crippen LogP contribution >= 0.6 is 0 Å². The fourth-order valence-electron chi connectivity index (χ4n) is 4.20. The molecule has 124 valence electrons. The van der Waals surface area contributed by atoms with E-state index in [-0.39, 0.29) is 12.3 Å². The number of rotatable bonds is 5. The zero-order valence-corrected chi connectivity index (χ0v) is 13.5. The van der Waals surface area contributed by atoms with Crippen molar-refractivity contribution in [1.29, 1.82) is 0 Å². The molecular formula is C19H25NO3. The molecule has 3 atom stereocenters. The van der Waals surface area contributed by atoms with Crippen LogP contribution in [0.15, 0.2) is 30.3 Å². The van der Waals surface area contributed by atoms with Gasteiger partial charge in [-0.05, 0) is 36.7 Å². The van der Waals surface area contributed by atoms with Crippen molar-refractivity contribution in [1.82, 2.24) is 4.90 Å². The maximum atomic E-state index is 12.9. The van der Waals surface area contributed by atoms with E-state index in [2.05, 4.69) is 0 Å². The van der Waals surface area contributed by atoms with E-state index in [0.29, 0.717) is 18.3 Å². The molecule has 0 aromatic heterocycles. The van der Waals surface area contributed by atoms with Gasteiger partial charge in [-0.1, -0.05) is 43.2 Å². The zero-order valence-electron chi connectivity index (χ0n) is 13.5. The van der Waals surface area contributed by atoms with E-state index >= 15 is 0 Å². The molecule has 1 aliphatic heterocycles. The van der Waals surface area contributed by atoms with Crippen molar-refractivity contribution < 1.29 is 14.7 Å². The minimum Gasteiger partial charge on any atom is -0.481 e. The molecule has 1 aliphatic carbocycles. The molecule has 0 spiro atoms. The molecule has 3 rings (SSSR count). The Labute approximate surface area is 137 Å². The average Bonchev–Trinajstić information content (AvgIpc) is 2.98. The highest BCUT2D eigenvalue weighted by atomic mass is 16.4. The van der Waals surface area contributed by atoms with E-state index in [1.165, 1.54) is 25.7 Å². The topological polar surface area (TPSA) is 57.6 Å². The van der Waals surface area contributed by atoms with Crippen LogP contribution in [0.25, 0.3) is 0 Å². The predicted octanol–water partition coefficient (Wildman–Crippen LogP) is 2.97.